The lowest BCUT2D eigenvalue weighted by Gasteiger charge is -2.13. The van der Waals surface area contributed by atoms with Crippen molar-refractivity contribution >= 4 is 10.8 Å². The second kappa shape index (κ2) is 5.62. The molecule has 0 saturated heterocycles. The van der Waals surface area contributed by atoms with Crippen LogP contribution in [0.25, 0.3) is 10.8 Å². The molecule has 0 aromatic heterocycles. The van der Waals surface area contributed by atoms with Crippen LogP contribution in [0.4, 0.5) is 8.78 Å². The van der Waals surface area contributed by atoms with E-state index in [4.69, 9.17) is 0 Å². The third-order valence-corrected chi connectivity index (χ3v) is 3.57. The minimum absolute atomic E-state index is 0.0765. The second-order valence-corrected chi connectivity index (χ2v) is 4.98. The van der Waals surface area contributed by atoms with Crippen LogP contribution in [0.2, 0.25) is 0 Å². The van der Waals surface area contributed by atoms with Gasteiger partial charge in [0, 0.05) is 5.56 Å². The van der Waals surface area contributed by atoms with Gasteiger partial charge in [0.2, 0.25) is 0 Å². The third kappa shape index (κ3) is 2.78. The van der Waals surface area contributed by atoms with Crippen molar-refractivity contribution in [3.63, 3.8) is 0 Å². The Labute approximate surface area is 121 Å². The molecule has 3 heteroatoms. The first-order valence-corrected chi connectivity index (χ1v) is 6.70. The Morgan fingerprint density at radius 1 is 0.667 bits per heavy atom. The summed E-state index contributed by atoms with van der Waals surface area (Å²) < 4.78 is 25.5. The van der Waals surface area contributed by atoms with Crippen LogP contribution >= 0.6 is 0 Å². The maximum Gasteiger partial charge on any atom is 0.263 e. The van der Waals surface area contributed by atoms with E-state index in [-0.39, 0.29) is 5.56 Å². The van der Waals surface area contributed by atoms with Gasteiger partial charge < -0.3 is 5.11 Å². The summed E-state index contributed by atoms with van der Waals surface area (Å²) in [5, 5.41) is 12.5. The summed E-state index contributed by atoms with van der Waals surface area (Å²) in [4.78, 5) is 0. The number of hydrogen-bond donors (Lipinski definition) is 1. The van der Waals surface area contributed by atoms with Crippen molar-refractivity contribution in [3.05, 3.63) is 83.4 Å². The zero-order valence-corrected chi connectivity index (χ0v) is 11.2. The Hall–Kier alpha value is -2.26. The highest BCUT2D eigenvalue weighted by Crippen LogP contribution is 2.28. The number of aliphatic hydroxyl groups is 1. The van der Waals surface area contributed by atoms with Gasteiger partial charge in [-0.3, -0.25) is 0 Å². The van der Waals surface area contributed by atoms with Gasteiger partial charge >= 0.3 is 0 Å². The van der Waals surface area contributed by atoms with E-state index in [2.05, 4.69) is 0 Å². The van der Waals surface area contributed by atoms with E-state index in [0.29, 0.717) is 11.1 Å². The Balaban J connectivity index is 1.99. The molecule has 3 aromatic carbocycles. The molecule has 0 aliphatic carbocycles. The van der Waals surface area contributed by atoms with E-state index < -0.39 is 12.5 Å². The zero-order chi connectivity index (χ0) is 14.8. The average molecular weight is 284 g/mol. The Kier molecular flexibility index (Phi) is 3.67. The van der Waals surface area contributed by atoms with Gasteiger partial charge in [-0.1, -0.05) is 54.6 Å². The van der Waals surface area contributed by atoms with Crippen molar-refractivity contribution in [1.82, 2.24) is 0 Å². The first-order valence-electron chi connectivity index (χ1n) is 6.70. The van der Waals surface area contributed by atoms with E-state index in [1.165, 1.54) is 12.1 Å². The molecule has 0 heterocycles. The lowest BCUT2D eigenvalue weighted by Crippen LogP contribution is -2.00. The summed E-state index contributed by atoms with van der Waals surface area (Å²) in [5.74, 6) is 0. The molecule has 0 spiro atoms. The minimum Gasteiger partial charge on any atom is -0.384 e. The van der Waals surface area contributed by atoms with E-state index in [0.717, 1.165) is 10.8 Å². The molecule has 3 rings (SSSR count). The molecule has 3 aromatic rings. The molecule has 0 fully saturated rings. The van der Waals surface area contributed by atoms with Gasteiger partial charge in [0.15, 0.2) is 0 Å². The van der Waals surface area contributed by atoms with Crippen molar-refractivity contribution in [2.75, 3.05) is 0 Å². The summed E-state index contributed by atoms with van der Waals surface area (Å²) >= 11 is 0. The van der Waals surface area contributed by atoms with E-state index in [1.54, 1.807) is 12.1 Å². The van der Waals surface area contributed by atoms with Crippen molar-refractivity contribution < 1.29 is 13.9 Å². The van der Waals surface area contributed by atoms with Crippen LogP contribution < -0.4 is 0 Å². The highest BCUT2D eigenvalue weighted by Gasteiger charge is 2.14. The molecule has 0 saturated carbocycles. The molecule has 0 aliphatic heterocycles. The molecule has 0 radical (unpaired) electrons. The molecule has 0 bridgehead atoms. The third-order valence-electron chi connectivity index (χ3n) is 3.57. The maximum atomic E-state index is 12.7. The summed E-state index contributed by atoms with van der Waals surface area (Å²) in [5.41, 5.74) is 1.09. The summed E-state index contributed by atoms with van der Waals surface area (Å²) in [6, 6.07) is 19.4. The fourth-order valence-corrected chi connectivity index (χ4v) is 2.44. The molecule has 1 unspecified atom stereocenters. The quantitative estimate of drug-likeness (QED) is 0.728. The number of aliphatic hydroxyl groups excluding tert-OH is 1. The van der Waals surface area contributed by atoms with Crippen LogP contribution in [0.3, 0.4) is 0 Å². The smallest absolute Gasteiger partial charge is 0.263 e. The lowest BCUT2D eigenvalue weighted by molar-refractivity contribution is 0.150. The summed E-state index contributed by atoms with van der Waals surface area (Å²) in [7, 11) is 0. The van der Waals surface area contributed by atoms with Crippen LogP contribution in [0.5, 0.6) is 0 Å². The fourth-order valence-electron chi connectivity index (χ4n) is 2.44. The van der Waals surface area contributed by atoms with Gasteiger partial charge in [-0.2, -0.15) is 0 Å². The first-order chi connectivity index (χ1) is 10.1. The van der Waals surface area contributed by atoms with Crippen molar-refractivity contribution in [2.24, 2.45) is 0 Å². The molecule has 1 nitrogen and oxygen atoms in total. The zero-order valence-electron chi connectivity index (χ0n) is 11.2. The molecule has 1 atom stereocenters. The van der Waals surface area contributed by atoms with Crippen molar-refractivity contribution in [3.8, 4) is 0 Å². The van der Waals surface area contributed by atoms with E-state index >= 15 is 0 Å². The molecular weight excluding hydrogens is 270 g/mol. The minimum atomic E-state index is -2.53. The molecular formula is C18H14F2O. The summed E-state index contributed by atoms with van der Waals surface area (Å²) in [6.07, 6.45) is -3.44. The largest absolute Gasteiger partial charge is 0.384 e. The van der Waals surface area contributed by atoms with Crippen molar-refractivity contribution in [1.29, 1.82) is 0 Å². The van der Waals surface area contributed by atoms with Crippen LogP contribution in [0.1, 0.15) is 29.2 Å². The Bertz CT molecular complexity index is 768. The maximum absolute atomic E-state index is 12.7. The normalized spacial score (nSPS) is 12.8. The van der Waals surface area contributed by atoms with E-state index in [9.17, 15) is 13.9 Å². The van der Waals surface area contributed by atoms with Crippen LogP contribution in [0, 0.1) is 0 Å². The van der Waals surface area contributed by atoms with Crippen LogP contribution in [0.15, 0.2) is 66.7 Å². The highest BCUT2D eigenvalue weighted by atomic mass is 19.3. The predicted octanol–water partition coefficient (Wildman–Crippen LogP) is 4.86. The van der Waals surface area contributed by atoms with E-state index in [1.807, 2.05) is 42.5 Å². The van der Waals surface area contributed by atoms with Crippen LogP contribution in [-0.2, 0) is 0 Å². The highest BCUT2D eigenvalue weighted by molar-refractivity contribution is 5.83. The fraction of sp³-hybridized carbons (Fsp3) is 0.111. The lowest BCUT2D eigenvalue weighted by atomic mass is 9.97. The number of fused-ring (bicyclic) bond motifs is 1. The average Bonchev–Trinajstić information content (AvgIpc) is 2.53. The number of alkyl halides is 2. The molecule has 0 aliphatic rings. The second-order valence-electron chi connectivity index (χ2n) is 4.98. The van der Waals surface area contributed by atoms with Gasteiger partial charge in [0.05, 0.1) is 0 Å². The molecule has 1 N–H and O–H groups in total. The van der Waals surface area contributed by atoms with Gasteiger partial charge in [-0.25, -0.2) is 8.78 Å². The van der Waals surface area contributed by atoms with Gasteiger partial charge in [-0.05, 0) is 34.0 Å². The number of hydrogen-bond acceptors (Lipinski definition) is 1. The Morgan fingerprint density at radius 3 is 2.10 bits per heavy atom. The monoisotopic (exact) mass is 284 g/mol. The first kappa shape index (κ1) is 13.7. The van der Waals surface area contributed by atoms with Crippen molar-refractivity contribution in [2.45, 2.75) is 12.5 Å². The van der Waals surface area contributed by atoms with Gasteiger partial charge in [0.1, 0.15) is 6.10 Å². The standard InChI is InChI=1S/C18H14F2O/c19-18(20)16-7-3-6-14(11-16)17(21)15-9-8-12-4-1-2-5-13(12)10-15/h1-11,17-18,21H. The number of rotatable bonds is 3. The topological polar surface area (TPSA) is 20.2 Å². The molecule has 106 valence electrons. The molecule has 0 amide bonds. The predicted molar refractivity (Wildman–Crippen MR) is 79.4 cm³/mol. The number of halogens is 2. The molecule has 21 heavy (non-hydrogen) atoms. The Morgan fingerprint density at radius 2 is 1.33 bits per heavy atom. The number of benzene rings is 3. The van der Waals surface area contributed by atoms with Gasteiger partial charge in [0.25, 0.3) is 6.43 Å². The summed E-state index contributed by atoms with van der Waals surface area (Å²) in [6.45, 7) is 0. The van der Waals surface area contributed by atoms with Crippen LogP contribution in [-0.4, -0.2) is 5.11 Å². The van der Waals surface area contributed by atoms with Gasteiger partial charge in [-0.15, -0.1) is 0 Å². The SMILES string of the molecule is OC(c1cccc(C(F)F)c1)c1ccc2ccccc2c1.